The number of aliphatic hydroxyl groups is 1. The average Bonchev–Trinajstić information content (AvgIpc) is 3.67. The lowest BCUT2D eigenvalue weighted by molar-refractivity contribution is -0.105. The fourth-order valence-electron chi connectivity index (χ4n) is 5.34. The number of aliphatic hydroxyl groups excluding tert-OH is 1. The predicted molar refractivity (Wildman–Crippen MR) is 148 cm³/mol. The minimum absolute atomic E-state index is 0.0391. The summed E-state index contributed by atoms with van der Waals surface area (Å²) in [6.45, 7) is 1.68. The zero-order chi connectivity index (χ0) is 28.0. The van der Waals surface area contributed by atoms with E-state index >= 15 is 0 Å². The number of hydrogen-bond acceptors (Lipinski definition) is 7. The van der Waals surface area contributed by atoms with E-state index in [4.69, 9.17) is 5.11 Å². The van der Waals surface area contributed by atoms with Gasteiger partial charge >= 0.3 is 0 Å². The molecule has 214 valence electrons. The number of nitrogens with zero attached hydrogens (tertiary/aromatic N) is 2. The molecule has 0 aromatic heterocycles. The van der Waals surface area contributed by atoms with Crippen LogP contribution in [0.3, 0.4) is 0 Å². The first-order valence-electron chi connectivity index (χ1n) is 13.5. The zero-order valence-corrected chi connectivity index (χ0v) is 23.0. The number of benzene rings is 1. The van der Waals surface area contributed by atoms with E-state index in [1.807, 2.05) is 6.07 Å². The number of hydrogen-bond donors (Lipinski definition) is 3. The monoisotopic (exact) mass is 566 g/mol. The molecule has 3 N–H and O–H groups in total. The Morgan fingerprint density at radius 3 is 2.49 bits per heavy atom. The first-order chi connectivity index (χ1) is 18.6. The SMILES string of the molecule is CN(/C=C(F)\C=C(/C=O)NC(=O)c1ccc(NSCCO)cc1N1CCC2(CC1)CC2)C1CCC(F)(F)CC1. The van der Waals surface area contributed by atoms with Crippen LogP contribution in [0.25, 0.3) is 0 Å². The number of carbonyl (C=O) groups excluding carboxylic acids is 2. The summed E-state index contributed by atoms with van der Waals surface area (Å²) in [5.74, 6) is -3.45. The molecule has 2 aliphatic carbocycles. The van der Waals surface area contributed by atoms with Gasteiger partial charge in [0, 0.05) is 62.7 Å². The molecule has 1 aromatic carbocycles. The van der Waals surface area contributed by atoms with Crippen LogP contribution in [0, 0.1) is 5.41 Å². The second-order valence-electron chi connectivity index (χ2n) is 10.8. The Labute approximate surface area is 232 Å². The molecule has 11 heteroatoms. The third kappa shape index (κ3) is 7.94. The van der Waals surface area contributed by atoms with Gasteiger partial charge in [-0.15, -0.1) is 0 Å². The normalized spacial score (nSPS) is 21.0. The van der Waals surface area contributed by atoms with Crippen molar-refractivity contribution in [2.24, 2.45) is 5.41 Å². The van der Waals surface area contributed by atoms with Crippen LogP contribution in [-0.2, 0) is 4.79 Å². The number of halogens is 3. The summed E-state index contributed by atoms with van der Waals surface area (Å²) in [5.41, 5.74) is 2.11. The van der Waals surface area contributed by atoms with Gasteiger partial charge in [0.2, 0.25) is 5.92 Å². The maximum Gasteiger partial charge on any atom is 0.257 e. The Bertz CT molecular complexity index is 1090. The molecule has 0 atom stereocenters. The van der Waals surface area contributed by atoms with Gasteiger partial charge in [-0.3, -0.25) is 9.59 Å². The summed E-state index contributed by atoms with van der Waals surface area (Å²) in [4.78, 5) is 28.7. The van der Waals surface area contributed by atoms with Gasteiger partial charge in [-0.1, -0.05) is 11.9 Å². The van der Waals surface area contributed by atoms with Crippen LogP contribution in [-0.4, -0.2) is 66.7 Å². The summed E-state index contributed by atoms with van der Waals surface area (Å²) in [6, 6.07) is 5.10. The van der Waals surface area contributed by atoms with Crippen molar-refractivity contribution in [2.75, 3.05) is 42.1 Å². The number of aldehydes is 1. The molecule has 1 aliphatic heterocycles. The van der Waals surface area contributed by atoms with Crippen molar-refractivity contribution >= 4 is 35.5 Å². The lowest BCUT2D eigenvalue weighted by atomic mass is 9.91. The molecule has 1 heterocycles. The molecule has 2 saturated carbocycles. The van der Waals surface area contributed by atoms with Crippen LogP contribution in [0.1, 0.15) is 61.7 Å². The van der Waals surface area contributed by atoms with E-state index in [0.29, 0.717) is 23.0 Å². The van der Waals surface area contributed by atoms with Crippen molar-refractivity contribution < 1.29 is 27.9 Å². The molecule has 39 heavy (non-hydrogen) atoms. The molecule has 0 bridgehead atoms. The molecule has 3 fully saturated rings. The van der Waals surface area contributed by atoms with Crippen molar-refractivity contribution in [1.82, 2.24) is 10.2 Å². The van der Waals surface area contributed by atoms with Gasteiger partial charge in [0.25, 0.3) is 5.91 Å². The van der Waals surface area contributed by atoms with Crippen LogP contribution in [0.2, 0.25) is 0 Å². The maximum atomic E-state index is 14.7. The number of alkyl halides is 2. The second-order valence-corrected chi connectivity index (χ2v) is 11.7. The Kier molecular flexibility index (Phi) is 9.53. The van der Waals surface area contributed by atoms with Crippen LogP contribution in [0.4, 0.5) is 24.5 Å². The molecule has 1 aromatic rings. The van der Waals surface area contributed by atoms with Gasteiger partial charge in [-0.05, 0) is 62.1 Å². The second kappa shape index (κ2) is 12.7. The first kappa shape index (κ1) is 29.3. The molecule has 1 saturated heterocycles. The Morgan fingerprint density at radius 2 is 1.87 bits per heavy atom. The lowest BCUT2D eigenvalue weighted by Crippen LogP contribution is -2.36. The third-order valence-corrected chi connectivity index (χ3v) is 8.78. The van der Waals surface area contributed by atoms with Crippen LogP contribution >= 0.6 is 11.9 Å². The molecule has 0 radical (unpaired) electrons. The molecule has 1 amide bonds. The fraction of sp³-hybridized carbons (Fsp3) is 0.571. The summed E-state index contributed by atoms with van der Waals surface area (Å²) in [5, 5.41) is 11.6. The molecule has 0 unspecified atom stereocenters. The van der Waals surface area contributed by atoms with Crippen LogP contribution in [0.15, 0.2) is 42.0 Å². The maximum absolute atomic E-state index is 14.7. The van der Waals surface area contributed by atoms with Crippen molar-refractivity contribution in [3.8, 4) is 0 Å². The smallest absolute Gasteiger partial charge is 0.257 e. The van der Waals surface area contributed by atoms with Crippen molar-refractivity contribution in [3.63, 3.8) is 0 Å². The molecular formula is C28H37F3N4O3S. The van der Waals surface area contributed by atoms with Crippen molar-refractivity contribution in [1.29, 1.82) is 0 Å². The van der Waals surface area contributed by atoms with Crippen LogP contribution in [0.5, 0.6) is 0 Å². The highest BCUT2D eigenvalue weighted by atomic mass is 32.2. The summed E-state index contributed by atoms with van der Waals surface area (Å²) >= 11 is 1.36. The quantitative estimate of drug-likeness (QED) is 0.111. The summed E-state index contributed by atoms with van der Waals surface area (Å²) < 4.78 is 44.8. The van der Waals surface area contributed by atoms with E-state index in [0.717, 1.165) is 43.4 Å². The molecular weight excluding hydrogens is 529 g/mol. The minimum atomic E-state index is -2.67. The van der Waals surface area contributed by atoms with Crippen molar-refractivity contribution in [2.45, 2.75) is 63.3 Å². The van der Waals surface area contributed by atoms with Gasteiger partial charge in [-0.2, -0.15) is 0 Å². The number of allylic oxidation sites excluding steroid dienone is 3. The number of nitrogens with one attached hydrogen (secondary N) is 2. The fourth-order valence-corrected chi connectivity index (χ4v) is 5.83. The van der Waals surface area contributed by atoms with E-state index in [1.165, 1.54) is 31.0 Å². The van der Waals surface area contributed by atoms with Gasteiger partial charge < -0.3 is 24.9 Å². The molecule has 1 spiro atoms. The predicted octanol–water partition coefficient (Wildman–Crippen LogP) is 5.25. The summed E-state index contributed by atoms with van der Waals surface area (Å²) in [6.07, 6.45) is 7.14. The zero-order valence-electron chi connectivity index (χ0n) is 22.2. The average molecular weight is 567 g/mol. The molecule has 4 rings (SSSR count). The molecule has 7 nitrogen and oxygen atoms in total. The van der Waals surface area contributed by atoms with Gasteiger partial charge in [-0.25, -0.2) is 13.2 Å². The Balaban J connectivity index is 1.46. The van der Waals surface area contributed by atoms with Gasteiger partial charge in [0.05, 0.1) is 23.6 Å². The highest BCUT2D eigenvalue weighted by Gasteiger charge is 2.44. The number of carbonyl (C=O) groups is 2. The van der Waals surface area contributed by atoms with Crippen molar-refractivity contribution in [3.05, 3.63) is 47.6 Å². The number of piperidine rings is 1. The molecule has 3 aliphatic rings. The highest BCUT2D eigenvalue weighted by molar-refractivity contribution is 8.00. The Hall–Kier alpha value is -2.66. The summed E-state index contributed by atoms with van der Waals surface area (Å²) in [7, 11) is 1.62. The lowest BCUT2D eigenvalue weighted by Gasteiger charge is -2.35. The van der Waals surface area contributed by atoms with E-state index < -0.39 is 17.7 Å². The number of rotatable bonds is 11. The highest BCUT2D eigenvalue weighted by Crippen LogP contribution is 2.54. The van der Waals surface area contributed by atoms with Crippen LogP contribution < -0.4 is 14.9 Å². The topological polar surface area (TPSA) is 84.9 Å². The number of anilines is 2. The third-order valence-electron chi connectivity index (χ3n) is 8.02. The first-order valence-corrected chi connectivity index (χ1v) is 14.5. The van der Waals surface area contributed by atoms with E-state index in [1.54, 1.807) is 24.1 Å². The Morgan fingerprint density at radius 1 is 1.18 bits per heavy atom. The van der Waals surface area contributed by atoms with Gasteiger partial charge in [0.1, 0.15) is 5.83 Å². The van der Waals surface area contributed by atoms with E-state index in [2.05, 4.69) is 14.9 Å². The standard InChI is InChI=1S/C28H37F3N4O3S/c1-34(23-4-6-28(30,31)7-5-23)18-20(29)16-22(19-37)32-26(38)24-3-2-21(33-39-15-14-36)17-25(24)35-12-10-27(8-9-27)11-13-35/h2-3,16-19,23,33,36H,4-15H2,1H3,(H,32,38)/b20-18+,22-16+. The van der Waals surface area contributed by atoms with E-state index in [-0.39, 0.29) is 44.0 Å². The van der Waals surface area contributed by atoms with E-state index in [9.17, 15) is 22.8 Å². The minimum Gasteiger partial charge on any atom is -0.395 e. The largest absolute Gasteiger partial charge is 0.395 e. The van der Waals surface area contributed by atoms with Gasteiger partial charge in [0.15, 0.2) is 6.29 Å². The number of amides is 1.